The smallest absolute Gasteiger partial charge is 0.314 e. The quantitative estimate of drug-likeness (QED) is 0.557. The average molecular weight is 512 g/mol. The standard InChI is InChI=1S/C27H27F2N3O5/c1-25(2,3)37-24(35)26(9-5-10-26)15-32-23(34)20-21(33)17-8-11-27(14-30,12-16(17)13-31-20)36-22-18(28)6-4-7-19(22)29/h4,6-8,11-12,33H,5,9-10,13,15H2,1-3H3,(H,32,34). The number of carbonyl (C=O) groups is 2. The first-order valence-electron chi connectivity index (χ1n) is 11.8. The molecule has 1 amide bonds. The van der Waals surface area contributed by atoms with Crippen molar-refractivity contribution < 1.29 is 33.0 Å². The number of hydrogen-bond acceptors (Lipinski definition) is 7. The first-order valence-corrected chi connectivity index (χ1v) is 11.8. The molecule has 10 heteroatoms. The number of para-hydroxylation sites is 1. The molecule has 1 unspecified atom stereocenters. The molecule has 8 nitrogen and oxygen atoms in total. The van der Waals surface area contributed by atoms with Crippen LogP contribution in [-0.2, 0) is 14.3 Å². The number of benzene rings is 1. The first-order chi connectivity index (χ1) is 17.4. The minimum absolute atomic E-state index is 0.0422. The Morgan fingerprint density at radius 2 is 1.92 bits per heavy atom. The fraction of sp³-hybridized carbons (Fsp3) is 0.407. The van der Waals surface area contributed by atoms with E-state index in [1.807, 2.05) is 6.07 Å². The van der Waals surface area contributed by atoms with E-state index in [2.05, 4.69) is 10.3 Å². The van der Waals surface area contributed by atoms with E-state index in [1.165, 1.54) is 24.3 Å². The zero-order chi connectivity index (χ0) is 27.0. The summed E-state index contributed by atoms with van der Waals surface area (Å²) in [6.45, 7) is 5.28. The van der Waals surface area contributed by atoms with Crippen LogP contribution in [0.15, 0.2) is 58.3 Å². The number of nitrogens with one attached hydrogen (secondary N) is 1. The van der Waals surface area contributed by atoms with Crippen LogP contribution in [0.25, 0.3) is 0 Å². The first kappa shape index (κ1) is 26.1. The largest absolute Gasteiger partial charge is 0.505 e. The number of nitrogens with zero attached hydrogens (tertiary/aromatic N) is 2. The summed E-state index contributed by atoms with van der Waals surface area (Å²) >= 11 is 0. The average Bonchev–Trinajstić information content (AvgIpc) is 2.80. The third-order valence-electron chi connectivity index (χ3n) is 6.43. The molecule has 0 saturated heterocycles. The molecule has 0 aromatic heterocycles. The van der Waals surface area contributed by atoms with Crippen LogP contribution in [0.5, 0.6) is 5.75 Å². The van der Waals surface area contributed by atoms with Gasteiger partial charge in [-0.05, 0) is 69.5 Å². The summed E-state index contributed by atoms with van der Waals surface area (Å²) in [5, 5.41) is 23.2. The Morgan fingerprint density at radius 1 is 1.24 bits per heavy atom. The van der Waals surface area contributed by atoms with E-state index in [1.54, 1.807) is 20.8 Å². The second kappa shape index (κ2) is 9.47. The normalized spacial score (nSPS) is 22.1. The SMILES string of the molecule is CC(C)(C)OC(=O)C1(CNC(=O)C2=NCC3=CC(C#N)(Oc4c(F)cccc4F)C=CC3=C2O)CCC1. The fourth-order valence-electron chi connectivity index (χ4n) is 4.29. The molecule has 194 valence electrons. The van der Waals surface area contributed by atoms with Crippen molar-refractivity contribution in [2.45, 2.75) is 51.2 Å². The van der Waals surface area contributed by atoms with E-state index in [-0.39, 0.29) is 30.3 Å². The third-order valence-corrected chi connectivity index (χ3v) is 6.43. The van der Waals surface area contributed by atoms with Gasteiger partial charge in [0, 0.05) is 12.1 Å². The van der Waals surface area contributed by atoms with E-state index >= 15 is 0 Å². The maximum Gasteiger partial charge on any atom is 0.314 e. The molecule has 3 aliphatic rings. The summed E-state index contributed by atoms with van der Waals surface area (Å²) in [5.41, 5.74) is -2.96. The summed E-state index contributed by atoms with van der Waals surface area (Å²) in [4.78, 5) is 29.7. The number of nitriles is 1. The molecule has 4 rings (SSSR count). The molecule has 0 spiro atoms. The van der Waals surface area contributed by atoms with Gasteiger partial charge in [-0.15, -0.1) is 0 Å². The van der Waals surface area contributed by atoms with Crippen molar-refractivity contribution in [2.75, 3.05) is 13.1 Å². The highest BCUT2D eigenvalue weighted by Gasteiger charge is 2.47. The minimum Gasteiger partial charge on any atom is -0.505 e. The van der Waals surface area contributed by atoms with Crippen LogP contribution < -0.4 is 10.1 Å². The van der Waals surface area contributed by atoms with Crippen molar-refractivity contribution in [1.82, 2.24) is 5.32 Å². The zero-order valence-corrected chi connectivity index (χ0v) is 20.7. The van der Waals surface area contributed by atoms with Gasteiger partial charge < -0.3 is 19.9 Å². The van der Waals surface area contributed by atoms with Crippen LogP contribution in [0.1, 0.15) is 40.0 Å². The number of aliphatic hydroxyl groups is 1. The number of amides is 1. The van der Waals surface area contributed by atoms with Crippen molar-refractivity contribution in [2.24, 2.45) is 10.4 Å². The number of esters is 1. The number of aliphatic imine (C=N–C) groups is 1. The Morgan fingerprint density at radius 3 is 2.49 bits per heavy atom. The molecule has 1 heterocycles. The van der Waals surface area contributed by atoms with E-state index in [4.69, 9.17) is 9.47 Å². The highest BCUT2D eigenvalue weighted by Crippen LogP contribution is 2.42. The molecule has 1 fully saturated rings. The predicted molar refractivity (Wildman–Crippen MR) is 130 cm³/mol. The molecule has 1 aromatic carbocycles. The van der Waals surface area contributed by atoms with Crippen molar-refractivity contribution >= 4 is 17.6 Å². The molecule has 0 radical (unpaired) electrons. The second-order valence-electron chi connectivity index (χ2n) is 10.3. The van der Waals surface area contributed by atoms with Gasteiger partial charge in [0.25, 0.3) is 5.91 Å². The minimum atomic E-state index is -1.85. The van der Waals surface area contributed by atoms with Gasteiger partial charge >= 0.3 is 5.97 Å². The zero-order valence-electron chi connectivity index (χ0n) is 20.7. The lowest BCUT2D eigenvalue weighted by Crippen LogP contribution is -2.51. The fourth-order valence-corrected chi connectivity index (χ4v) is 4.29. The lowest BCUT2D eigenvalue weighted by atomic mass is 9.68. The Hall–Kier alpha value is -4.00. The maximum atomic E-state index is 14.1. The van der Waals surface area contributed by atoms with Crippen LogP contribution in [0.3, 0.4) is 0 Å². The number of dihydropyridines is 1. The summed E-state index contributed by atoms with van der Waals surface area (Å²) < 4.78 is 39.1. The maximum absolute atomic E-state index is 14.1. The lowest BCUT2D eigenvalue weighted by Gasteiger charge is -2.41. The van der Waals surface area contributed by atoms with E-state index in [0.29, 0.717) is 18.4 Å². The topological polar surface area (TPSA) is 121 Å². The Labute approximate surface area is 213 Å². The van der Waals surface area contributed by atoms with Crippen LogP contribution in [0.4, 0.5) is 8.78 Å². The number of halogens is 2. The van der Waals surface area contributed by atoms with Crippen molar-refractivity contribution in [1.29, 1.82) is 5.26 Å². The van der Waals surface area contributed by atoms with Crippen molar-refractivity contribution in [3.05, 3.63) is 65.0 Å². The Kier molecular flexibility index (Phi) is 6.67. The second-order valence-corrected chi connectivity index (χ2v) is 10.3. The molecule has 2 N–H and O–H groups in total. The van der Waals surface area contributed by atoms with Crippen LogP contribution >= 0.6 is 0 Å². The molecule has 2 aliphatic carbocycles. The van der Waals surface area contributed by atoms with Gasteiger partial charge in [-0.1, -0.05) is 12.5 Å². The van der Waals surface area contributed by atoms with E-state index < -0.39 is 45.7 Å². The lowest BCUT2D eigenvalue weighted by molar-refractivity contribution is -0.173. The molecule has 1 atom stereocenters. The van der Waals surface area contributed by atoms with Crippen molar-refractivity contribution in [3.63, 3.8) is 0 Å². The number of rotatable bonds is 6. The van der Waals surface area contributed by atoms with Gasteiger partial charge in [0.1, 0.15) is 11.7 Å². The summed E-state index contributed by atoms with van der Waals surface area (Å²) in [7, 11) is 0. The van der Waals surface area contributed by atoms with Crippen LogP contribution in [-0.4, -0.2) is 47.0 Å². The monoisotopic (exact) mass is 511 g/mol. The highest BCUT2D eigenvalue weighted by atomic mass is 19.1. The van der Waals surface area contributed by atoms with Crippen LogP contribution in [0, 0.1) is 28.4 Å². The van der Waals surface area contributed by atoms with Gasteiger partial charge in [-0.25, -0.2) is 8.78 Å². The number of fused-ring (bicyclic) bond motifs is 1. The number of carbonyl (C=O) groups excluding carboxylic acids is 2. The predicted octanol–water partition coefficient (Wildman–Crippen LogP) is 4.00. The third kappa shape index (κ3) is 5.12. The molecule has 1 aromatic rings. The number of allylic oxidation sites excluding steroid dienone is 1. The molecular formula is C27H27F2N3O5. The molecule has 37 heavy (non-hydrogen) atoms. The highest BCUT2D eigenvalue weighted by molar-refractivity contribution is 6.45. The molecule has 0 bridgehead atoms. The Balaban J connectivity index is 1.49. The van der Waals surface area contributed by atoms with Crippen molar-refractivity contribution in [3.8, 4) is 11.8 Å². The molecule has 1 saturated carbocycles. The molecule has 1 aliphatic heterocycles. The summed E-state index contributed by atoms with van der Waals surface area (Å²) in [6.07, 6.45) is 5.88. The van der Waals surface area contributed by atoms with Crippen LogP contribution in [0.2, 0.25) is 0 Å². The Bertz CT molecular complexity index is 1290. The number of aliphatic hydroxyl groups excluding tert-OH is 1. The van der Waals surface area contributed by atoms with E-state index in [0.717, 1.165) is 18.6 Å². The summed E-state index contributed by atoms with van der Waals surface area (Å²) in [6, 6.07) is 5.07. The summed E-state index contributed by atoms with van der Waals surface area (Å²) in [5.74, 6) is -4.11. The molecular weight excluding hydrogens is 484 g/mol. The van der Waals surface area contributed by atoms with Gasteiger partial charge in [-0.2, -0.15) is 5.26 Å². The van der Waals surface area contributed by atoms with Gasteiger partial charge in [0.2, 0.25) is 5.60 Å². The number of ether oxygens (including phenoxy) is 2. The van der Waals surface area contributed by atoms with Gasteiger partial charge in [0.05, 0.1) is 12.0 Å². The van der Waals surface area contributed by atoms with Gasteiger partial charge in [-0.3, -0.25) is 14.6 Å². The number of hydrogen-bond donors (Lipinski definition) is 2. The van der Waals surface area contributed by atoms with Gasteiger partial charge in [0.15, 0.2) is 28.9 Å². The van der Waals surface area contributed by atoms with E-state index in [9.17, 15) is 28.7 Å².